The van der Waals surface area contributed by atoms with E-state index in [-0.39, 0.29) is 15.4 Å². The van der Waals surface area contributed by atoms with Crippen LogP contribution in [0.5, 0.6) is 0 Å². The largest absolute Gasteiger partial charge is 0.322 e. The van der Waals surface area contributed by atoms with Gasteiger partial charge in [0.25, 0.3) is 26.0 Å². The van der Waals surface area contributed by atoms with Gasteiger partial charge >= 0.3 is 0 Å². The number of hydrogen-bond acceptors (Lipinski definition) is 5. The Morgan fingerprint density at radius 1 is 0.692 bits per heavy atom. The number of nitrogens with one attached hydrogen (secondary N) is 3. The van der Waals surface area contributed by atoms with E-state index in [1.807, 2.05) is 19.1 Å². The van der Waals surface area contributed by atoms with Crippen LogP contribution in [0.1, 0.15) is 27.0 Å². The summed E-state index contributed by atoms with van der Waals surface area (Å²) in [7, 11) is -7.86. The Morgan fingerprint density at radius 3 is 2.08 bits per heavy atom. The molecule has 0 aliphatic heterocycles. The predicted molar refractivity (Wildman–Crippen MR) is 155 cm³/mol. The Kier molecular flexibility index (Phi) is 8.01. The van der Waals surface area contributed by atoms with Gasteiger partial charge in [0.05, 0.1) is 21.2 Å². The quantitative estimate of drug-likeness (QED) is 0.231. The van der Waals surface area contributed by atoms with Crippen LogP contribution in [-0.4, -0.2) is 22.7 Å². The Bertz CT molecular complexity index is 1770. The van der Waals surface area contributed by atoms with Gasteiger partial charge in [0, 0.05) is 16.3 Å². The van der Waals surface area contributed by atoms with Crippen molar-refractivity contribution >= 4 is 54.6 Å². The number of benzene rings is 4. The first kappa shape index (κ1) is 28.2. The lowest BCUT2D eigenvalue weighted by Crippen LogP contribution is -2.18. The summed E-state index contributed by atoms with van der Waals surface area (Å²) < 4.78 is 56.8. The maximum atomic E-state index is 13.2. The van der Waals surface area contributed by atoms with Crippen molar-refractivity contribution in [1.82, 2.24) is 0 Å². The molecule has 202 valence electrons. The molecule has 0 aromatic heterocycles. The van der Waals surface area contributed by atoms with E-state index in [0.717, 1.165) is 11.1 Å². The first-order chi connectivity index (χ1) is 18.3. The number of halogens is 1. The van der Waals surface area contributed by atoms with Gasteiger partial charge in [-0.05, 0) is 98.1 Å². The van der Waals surface area contributed by atoms with Gasteiger partial charge in [-0.1, -0.05) is 35.9 Å². The normalized spacial score (nSPS) is 11.6. The summed E-state index contributed by atoms with van der Waals surface area (Å²) in [6.45, 7) is 5.32. The molecule has 0 unspecified atom stereocenters. The van der Waals surface area contributed by atoms with Crippen LogP contribution in [0, 0.1) is 20.8 Å². The van der Waals surface area contributed by atoms with E-state index in [0.29, 0.717) is 27.6 Å². The summed E-state index contributed by atoms with van der Waals surface area (Å²) in [6, 6.07) is 21.8. The van der Waals surface area contributed by atoms with Crippen molar-refractivity contribution < 1.29 is 21.6 Å². The van der Waals surface area contributed by atoms with Crippen LogP contribution in [0.3, 0.4) is 0 Å². The van der Waals surface area contributed by atoms with Crippen molar-refractivity contribution in [3.63, 3.8) is 0 Å². The molecule has 4 aromatic rings. The number of hydrogen-bond donors (Lipinski definition) is 3. The first-order valence-electron chi connectivity index (χ1n) is 11.7. The molecule has 8 nitrogen and oxygen atoms in total. The molecule has 3 N–H and O–H groups in total. The molecular formula is C28H26ClN3O5S2. The van der Waals surface area contributed by atoms with E-state index in [1.54, 1.807) is 44.2 Å². The number of aryl methyl sites for hydroxylation is 3. The van der Waals surface area contributed by atoms with Crippen molar-refractivity contribution in [2.24, 2.45) is 0 Å². The summed E-state index contributed by atoms with van der Waals surface area (Å²) in [6.07, 6.45) is 0. The van der Waals surface area contributed by atoms with Gasteiger partial charge in [-0.15, -0.1) is 0 Å². The second kappa shape index (κ2) is 11.1. The maximum absolute atomic E-state index is 13.2. The first-order valence-corrected chi connectivity index (χ1v) is 15.1. The highest BCUT2D eigenvalue weighted by Crippen LogP contribution is 2.25. The lowest BCUT2D eigenvalue weighted by molar-refractivity contribution is 0.102. The zero-order valence-corrected chi connectivity index (χ0v) is 23.7. The van der Waals surface area contributed by atoms with Gasteiger partial charge in [-0.3, -0.25) is 14.2 Å². The molecule has 0 heterocycles. The molecule has 4 aromatic carbocycles. The van der Waals surface area contributed by atoms with E-state index < -0.39 is 26.0 Å². The Hall–Kier alpha value is -3.86. The Morgan fingerprint density at radius 2 is 1.38 bits per heavy atom. The SMILES string of the molecule is Cc1ccc(C)c(NS(=O)(=O)c2cc(C(=O)Nc3ccc(S(=O)(=O)Nc4cccc(Cl)c4)cc3)ccc2C)c1. The molecule has 4 rings (SSSR count). The molecule has 1 amide bonds. The highest BCUT2D eigenvalue weighted by molar-refractivity contribution is 7.93. The highest BCUT2D eigenvalue weighted by Gasteiger charge is 2.21. The molecular weight excluding hydrogens is 558 g/mol. The van der Waals surface area contributed by atoms with Gasteiger partial charge in [-0.2, -0.15) is 0 Å². The van der Waals surface area contributed by atoms with Gasteiger partial charge in [0.15, 0.2) is 0 Å². The second-order valence-corrected chi connectivity index (χ2v) is 12.8. The Balaban J connectivity index is 1.51. The van der Waals surface area contributed by atoms with Crippen LogP contribution < -0.4 is 14.8 Å². The third kappa shape index (κ3) is 6.78. The molecule has 39 heavy (non-hydrogen) atoms. The van der Waals surface area contributed by atoms with E-state index in [9.17, 15) is 21.6 Å². The van der Waals surface area contributed by atoms with Crippen molar-refractivity contribution in [3.05, 3.63) is 112 Å². The number of rotatable bonds is 8. The Labute approximate surface area is 233 Å². The second-order valence-electron chi connectivity index (χ2n) is 9.00. The smallest absolute Gasteiger partial charge is 0.262 e. The standard InChI is InChI=1S/C28H26ClN3O5S2/c1-18-7-8-19(2)26(15-18)32-39(36,37)27-16-21(10-9-20(27)3)28(33)30-23-11-13-25(14-12-23)38(34,35)31-24-6-4-5-22(29)17-24/h4-17,31-32H,1-3H3,(H,30,33). The fraction of sp³-hybridized carbons (Fsp3) is 0.107. The summed E-state index contributed by atoms with van der Waals surface area (Å²) >= 11 is 5.92. The molecule has 0 radical (unpaired) electrons. The van der Waals surface area contributed by atoms with Crippen molar-refractivity contribution in [2.75, 3.05) is 14.8 Å². The van der Waals surface area contributed by atoms with Crippen LogP contribution >= 0.6 is 11.6 Å². The molecule has 0 atom stereocenters. The summed E-state index contributed by atoms with van der Waals surface area (Å²) in [4.78, 5) is 12.9. The summed E-state index contributed by atoms with van der Waals surface area (Å²) in [5, 5.41) is 3.06. The minimum atomic E-state index is -3.97. The molecule has 0 aliphatic rings. The van der Waals surface area contributed by atoms with Crippen LogP contribution in [0.15, 0.2) is 94.7 Å². The molecule has 0 spiro atoms. The van der Waals surface area contributed by atoms with Crippen molar-refractivity contribution in [2.45, 2.75) is 30.6 Å². The van der Waals surface area contributed by atoms with Crippen LogP contribution in [0.2, 0.25) is 5.02 Å². The van der Waals surface area contributed by atoms with Gasteiger partial charge < -0.3 is 5.32 Å². The molecule has 0 bridgehead atoms. The molecule has 11 heteroatoms. The lowest BCUT2D eigenvalue weighted by Gasteiger charge is -2.14. The predicted octanol–water partition coefficient (Wildman–Crippen LogP) is 6.12. The minimum absolute atomic E-state index is 0.0123. The zero-order valence-electron chi connectivity index (χ0n) is 21.3. The van der Waals surface area contributed by atoms with Gasteiger partial charge in [0.1, 0.15) is 0 Å². The third-order valence-electron chi connectivity index (χ3n) is 5.88. The third-order valence-corrected chi connectivity index (χ3v) is 9.02. The fourth-order valence-corrected chi connectivity index (χ4v) is 6.40. The van der Waals surface area contributed by atoms with E-state index >= 15 is 0 Å². The number of amides is 1. The number of sulfonamides is 2. The van der Waals surface area contributed by atoms with Crippen molar-refractivity contribution in [1.29, 1.82) is 0 Å². The fourth-order valence-electron chi connectivity index (χ4n) is 3.76. The minimum Gasteiger partial charge on any atom is -0.322 e. The molecule has 0 saturated heterocycles. The molecule has 0 fully saturated rings. The lowest BCUT2D eigenvalue weighted by atomic mass is 10.1. The number of carbonyl (C=O) groups is 1. The van der Waals surface area contributed by atoms with Crippen LogP contribution in [0.4, 0.5) is 17.1 Å². The maximum Gasteiger partial charge on any atom is 0.262 e. The highest BCUT2D eigenvalue weighted by atomic mass is 35.5. The van der Waals surface area contributed by atoms with Crippen molar-refractivity contribution in [3.8, 4) is 0 Å². The average molecular weight is 584 g/mol. The molecule has 0 aliphatic carbocycles. The van der Waals surface area contributed by atoms with E-state index in [1.165, 1.54) is 42.5 Å². The summed E-state index contributed by atoms with van der Waals surface area (Å²) in [5.41, 5.74) is 3.39. The van der Waals surface area contributed by atoms with E-state index in [4.69, 9.17) is 11.6 Å². The van der Waals surface area contributed by atoms with E-state index in [2.05, 4.69) is 14.8 Å². The monoisotopic (exact) mass is 583 g/mol. The molecule has 0 saturated carbocycles. The summed E-state index contributed by atoms with van der Waals surface area (Å²) in [5.74, 6) is -0.550. The average Bonchev–Trinajstić information content (AvgIpc) is 2.86. The topological polar surface area (TPSA) is 121 Å². The van der Waals surface area contributed by atoms with Crippen LogP contribution in [0.25, 0.3) is 0 Å². The number of carbonyl (C=O) groups excluding carboxylic acids is 1. The van der Waals surface area contributed by atoms with Gasteiger partial charge in [-0.25, -0.2) is 16.8 Å². The number of anilines is 3. The van der Waals surface area contributed by atoms with Crippen LogP contribution in [-0.2, 0) is 20.0 Å². The van der Waals surface area contributed by atoms with Gasteiger partial charge in [0.2, 0.25) is 0 Å². The zero-order chi connectivity index (χ0) is 28.4.